The Labute approximate surface area is 113 Å². The van der Waals surface area contributed by atoms with Crippen molar-refractivity contribution in [3.05, 3.63) is 46.8 Å². The van der Waals surface area contributed by atoms with Gasteiger partial charge in [0.15, 0.2) is 5.76 Å². The minimum atomic E-state index is 0.166. The van der Waals surface area contributed by atoms with Crippen LogP contribution < -0.4 is 10.5 Å². The lowest BCUT2D eigenvalue weighted by Crippen LogP contribution is -2.18. The Hall–Kier alpha value is -1.81. The fourth-order valence-electron chi connectivity index (χ4n) is 2.22. The second-order valence-corrected chi connectivity index (χ2v) is 5.01. The highest BCUT2D eigenvalue weighted by molar-refractivity contribution is 5.43. The van der Waals surface area contributed by atoms with Crippen LogP contribution in [0.4, 0.5) is 0 Å². The third kappa shape index (κ3) is 3.58. The van der Waals surface area contributed by atoms with E-state index in [-0.39, 0.29) is 6.04 Å². The molecule has 0 fully saturated rings. The quantitative estimate of drug-likeness (QED) is 0.898. The number of nitrogens with two attached hydrogens (primary N) is 1. The van der Waals surface area contributed by atoms with Crippen LogP contribution in [0.5, 0.6) is 5.75 Å². The van der Waals surface area contributed by atoms with Crippen LogP contribution in [0.3, 0.4) is 0 Å². The van der Waals surface area contributed by atoms with Crippen LogP contribution in [0.2, 0.25) is 0 Å². The van der Waals surface area contributed by atoms with Gasteiger partial charge in [-0.2, -0.15) is 0 Å². The van der Waals surface area contributed by atoms with E-state index in [1.54, 1.807) is 12.3 Å². The largest absolute Gasteiger partial charge is 0.485 e. The molecule has 0 bridgehead atoms. The summed E-state index contributed by atoms with van der Waals surface area (Å²) in [5.41, 5.74) is 9.32. The lowest BCUT2D eigenvalue weighted by atomic mass is 10.0. The molecular formula is C15H20N2O2. The molecule has 2 N–H and O–H groups in total. The summed E-state index contributed by atoms with van der Waals surface area (Å²) in [6.45, 7) is 6.51. The molecule has 19 heavy (non-hydrogen) atoms. The summed E-state index contributed by atoms with van der Waals surface area (Å²) in [6.07, 6.45) is 2.49. The number of ether oxygens (including phenoxy) is 1. The summed E-state index contributed by atoms with van der Waals surface area (Å²) in [4.78, 5) is 0. The van der Waals surface area contributed by atoms with Crippen molar-refractivity contribution in [3.8, 4) is 5.75 Å². The molecule has 0 amide bonds. The first-order valence-electron chi connectivity index (χ1n) is 6.44. The number of hydrogen-bond acceptors (Lipinski definition) is 4. The number of rotatable bonds is 5. The van der Waals surface area contributed by atoms with Crippen molar-refractivity contribution in [2.45, 2.75) is 39.8 Å². The summed E-state index contributed by atoms with van der Waals surface area (Å²) in [5.74, 6) is 1.63. The summed E-state index contributed by atoms with van der Waals surface area (Å²) in [7, 11) is 0. The molecule has 1 heterocycles. The van der Waals surface area contributed by atoms with E-state index in [0.717, 1.165) is 29.1 Å². The number of aryl methyl sites for hydroxylation is 2. The zero-order chi connectivity index (χ0) is 13.8. The predicted octanol–water partition coefficient (Wildman–Crippen LogP) is 2.76. The van der Waals surface area contributed by atoms with E-state index in [0.29, 0.717) is 6.61 Å². The minimum Gasteiger partial charge on any atom is -0.485 e. The standard InChI is InChI=1S/C15H20N2O2/c1-10-6-13(8-12(3)16)7-11(2)15(10)18-9-14-4-5-17-19-14/h4-7,12H,8-9,16H2,1-3H3. The molecule has 0 aliphatic carbocycles. The van der Waals surface area contributed by atoms with Gasteiger partial charge in [0, 0.05) is 12.1 Å². The third-order valence-corrected chi connectivity index (χ3v) is 2.93. The van der Waals surface area contributed by atoms with E-state index in [1.165, 1.54) is 5.56 Å². The van der Waals surface area contributed by atoms with E-state index in [9.17, 15) is 0 Å². The van der Waals surface area contributed by atoms with Crippen LogP contribution in [-0.2, 0) is 13.0 Å². The van der Waals surface area contributed by atoms with Crippen LogP contribution in [-0.4, -0.2) is 11.2 Å². The monoisotopic (exact) mass is 260 g/mol. The third-order valence-electron chi connectivity index (χ3n) is 2.93. The SMILES string of the molecule is Cc1cc(CC(C)N)cc(C)c1OCc1ccno1. The molecule has 4 nitrogen and oxygen atoms in total. The summed E-state index contributed by atoms with van der Waals surface area (Å²) < 4.78 is 10.8. The van der Waals surface area contributed by atoms with Crippen molar-refractivity contribution >= 4 is 0 Å². The van der Waals surface area contributed by atoms with Crippen LogP contribution in [0.15, 0.2) is 28.9 Å². The molecule has 1 atom stereocenters. The van der Waals surface area contributed by atoms with Crippen molar-refractivity contribution in [2.75, 3.05) is 0 Å². The molecular weight excluding hydrogens is 240 g/mol. The van der Waals surface area contributed by atoms with Crippen molar-refractivity contribution in [1.29, 1.82) is 0 Å². The van der Waals surface area contributed by atoms with Gasteiger partial charge in [0.25, 0.3) is 0 Å². The molecule has 2 aromatic rings. The fourth-order valence-corrected chi connectivity index (χ4v) is 2.22. The first-order valence-corrected chi connectivity index (χ1v) is 6.44. The Morgan fingerprint density at radius 3 is 2.53 bits per heavy atom. The maximum atomic E-state index is 5.83. The number of hydrogen-bond donors (Lipinski definition) is 1. The fraction of sp³-hybridized carbons (Fsp3) is 0.400. The van der Waals surface area contributed by atoms with Gasteiger partial charge >= 0.3 is 0 Å². The molecule has 2 rings (SSSR count). The van der Waals surface area contributed by atoms with Gasteiger partial charge in [-0.15, -0.1) is 0 Å². The van der Waals surface area contributed by atoms with Gasteiger partial charge in [-0.05, 0) is 43.9 Å². The molecule has 0 radical (unpaired) electrons. The van der Waals surface area contributed by atoms with Gasteiger partial charge in [0.1, 0.15) is 12.4 Å². The van der Waals surface area contributed by atoms with Crippen molar-refractivity contribution in [3.63, 3.8) is 0 Å². The Morgan fingerprint density at radius 1 is 1.32 bits per heavy atom. The lowest BCUT2D eigenvalue weighted by molar-refractivity contribution is 0.246. The van der Waals surface area contributed by atoms with Gasteiger partial charge in [0.2, 0.25) is 0 Å². The average molecular weight is 260 g/mol. The second kappa shape index (κ2) is 5.89. The summed E-state index contributed by atoms with van der Waals surface area (Å²) >= 11 is 0. The van der Waals surface area contributed by atoms with Crippen LogP contribution in [0.1, 0.15) is 29.4 Å². The van der Waals surface area contributed by atoms with Crippen LogP contribution >= 0.6 is 0 Å². The molecule has 1 aromatic carbocycles. The highest BCUT2D eigenvalue weighted by Gasteiger charge is 2.09. The van der Waals surface area contributed by atoms with Crippen LogP contribution in [0, 0.1) is 13.8 Å². The van der Waals surface area contributed by atoms with Gasteiger partial charge in [-0.25, -0.2) is 0 Å². The van der Waals surface area contributed by atoms with Crippen molar-refractivity contribution < 1.29 is 9.26 Å². The number of benzene rings is 1. The molecule has 1 unspecified atom stereocenters. The minimum absolute atomic E-state index is 0.166. The molecule has 4 heteroatoms. The lowest BCUT2D eigenvalue weighted by Gasteiger charge is -2.14. The number of nitrogens with zero attached hydrogens (tertiary/aromatic N) is 1. The van der Waals surface area contributed by atoms with Crippen molar-refractivity contribution in [2.24, 2.45) is 5.73 Å². The maximum absolute atomic E-state index is 5.83. The van der Waals surface area contributed by atoms with E-state index < -0.39 is 0 Å². The summed E-state index contributed by atoms with van der Waals surface area (Å²) in [5, 5.41) is 3.66. The average Bonchev–Trinajstić information content (AvgIpc) is 2.79. The van der Waals surface area contributed by atoms with Gasteiger partial charge in [-0.3, -0.25) is 0 Å². The van der Waals surface area contributed by atoms with Crippen molar-refractivity contribution in [1.82, 2.24) is 5.16 Å². The van der Waals surface area contributed by atoms with Gasteiger partial charge in [-0.1, -0.05) is 17.3 Å². The van der Waals surface area contributed by atoms with E-state index in [1.807, 2.05) is 20.8 Å². The first-order chi connectivity index (χ1) is 9.06. The second-order valence-electron chi connectivity index (χ2n) is 5.01. The molecule has 1 aromatic heterocycles. The van der Waals surface area contributed by atoms with E-state index >= 15 is 0 Å². The smallest absolute Gasteiger partial charge is 0.174 e. The molecule has 0 aliphatic heterocycles. The van der Waals surface area contributed by atoms with E-state index in [4.69, 9.17) is 15.0 Å². The Balaban J connectivity index is 2.12. The van der Waals surface area contributed by atoms with Gasteiger partial charge in [0.05, 0.1) is 6.20 Å². The maximum Gasteiger partial charge on any atom is 0.174 e. The predicted molar refractivity (Wildman–Crippen MR) is 74.1 cm³/mol. The van der Waals surface area contributed by atoms with Crippen LogP contribution in [0.25, 0.3) is 0 Å². The zero-order valence-electron chi connectivity index (χ0n) is 11.6. The topological polar surface area (TPSA) is 61.3 Å². The van der Waals surface area contributed by atoms with Gasteiger partial charge < -0.3 is 15.0 Å². The highest BCUT2D eigenvalue weighted by Crippen LogP contribution is 2.26. The Kier molecular flexibility index (Phi) is 4.22. The Bertz CT molecular complexity index is 510. The molecule has 102 valence electrons. The first kappa shape index (κ1) is 13.6. The Morgan fingerprint density at radius 2 is 2.00 bits per heavy atom. The molecule has 0 saturated heterocycles. The normalized spacial score (nSPS) is 12.4. The number of aromatic nitrogens is 1. The summed E-state index contributed by atoms with van der Waals surface area (Å²) in [6, 6.07) is 6.23. The molecule has 0 saturated carbocycles. The molecule has 0 aliphatic rings. The highest BCUT2D eigenvalue weighted by atomic mass is 16.5. The zero-order valence-corrected chi connectivity index (χ0v) is 11.6. The molecule has 0 spiro atoms. The van der Waals surface area contributed by atoms with E-state index in [2.05, 4.69) is 17.3 Å².